The van der Waals surface area contributed by atoms with Crippen molar-refractivity contribution in [1.82, 2.24) is 0 Å². The van der Waals surface area contributed by atoms with E-state index in [-0.39, 0.29) is 23.1 Å². The summed E-state index contributed by atoms with van der Waals surface area (Å²) in [5.41, 5.74) is 6.04. The van der Waals surface area contributed by atoms with Crippen molar-refractivity contribution in [3.63, 3.8) is 0 Å². The summed E-state index contributed by atoms with van der Waals surface area (Å²) < 4.78 is 0. The molecule has 2 aliphatic rings. The maximum Gasteiger partial charge on any atom is 0.0146 e. The molecule has 2 aromatic carbocycles. The predicted molar refractivity (Wildman–Crippen MR) is 168 cm³/mol. The fourth-order valence-corrected chi connectivity index (χ4v) is 6.45. The Balaban J connectivity index is 0. The third-order valence-corrected chi connectivity index (χ3v) is 9.68. The van der Waals surface area contributed by atoms with E-state index < -0.39 is 0 Å². The number of hydrogen-bond donors (Lipinski definition) is 0. The Labute approximate surface area is 229 Å². The average Bonchev–Trinajstić information content (AvgIpc) is 2.81. The Hall–Kier alpha value is -1.56. The van der Waals surface area contributed by atoms with Gasteiger partial charge in [0.15, 0.2) is 0 Å². The first-order valence-corrected chi connectivity index (χ1v) is 14.1. The van der Waals surface area contributed by atoms with Gasteiger partial charge in [-0.15, -0.1) is 0 Å². The first kappa shape index (κ1) is 32.5. The molecule has 0 heteroatoms. The lowest BCUT2D eigenvalue weighted by Gasteiger charge is -2.46. The van der Waals surface area contributed by atoms with Crippen molar-refractivity contribution in [2.24, 2.45) is 29.1 Å². The van der Waals surface area contributed by atoms with Gasteiger partial charge in [-0.2, -0.15) is 0 Å². The smallest absolute Gasteiger partial charge is 0.0146 e. The Morgan fingerprint density at radius 2 is 0.806 bits per heavy atom. The minimum absolute atomic E-state index is 0. The highest BCUT2D eigenvalue weighted by Crippen LogP contribution is 2.49. The zero-order chi connectivity index (χ0) is 24.9. The van der Waals surface area contributed by atoms with Gasteiger partial charge in [-0.25, -0.2) is 0 Å². The molecule has 2 aliphatic carbocycles. The summed E-state index contributed by atoms with van der Waals surface area (Å²) in [5.74, 6) is 4.01. The molecule has 0 bridgehead atoms. The van der Waals surface area contributed by atoms with Crippen LogP contribution in [0.2, 0.25) is 0 Å². The molecule has 0 unspecified atom stereocenters. The molecule has 36 heavy (non-hydrogen) atoms. The normalized spacial score (nSPS) is 24.4. The third-order valence-electron chi connectivity index (χ3n) is 9.68. The lowest BCUT2D eigenvalue weighted by molar-refractivity contribution is 0.0421. The van der Waals surface area contributed by atoms with Gasteiger partial charge in [-0.3, -0.25) is 0 Å². The second kappa shape index (κ2) is 13.8. The average molecular weight is 497 g/mol. The number of hydrogen-bond acceptors (Lipinski definition) is 0. The molecule has 0 aromatic heterocycles. The van der Waals surface area contributed by atoms with E-state index in [1.54, 1.807) is 0 Å². The second-order valence-corrected chi connectivity index (χ2v) is 13.1. The van der Waals surface area contributed by atoms with Gasteiger partial charge in [0.1, 0.15) is 0 Å². The summed E-state index contributed by atoms with van der Waals surface area (Å²) in [5, 5.41) is 0. The van der Waals surface area contributed by atoms with Crippen LogP contribution in [-0.2, 0) is 5.41 Å². The summed E-state index contributed by atoms with van der Waals surface area (Å²) >= 11 is 0. The third kappa shape index (κ3) is 8.22. The first-order chi connectivity index (χ1) is 16.0. The van der Waals surface area contributed by atoms with E-state index in [1.165, 1.54) is 73.6 Å². The van der Waals surface area contributed by atoms with Crippen LogP contribution in [0.15, 0.2) is 48.5 Å². The summed E-state index contributed by atoms with van der Waals surface area (Å²) in [6, 6.07) is 17.7. The molecule has 0 heterocycles. The van der Waals surface area contributed by atoms with Crippen LogP contribution in [0.4, 0.5) is 0 Å². The van der Waals surface area contributed by atoms with Crippen LogP contribution < -0.4 is 0 Å². The van der Waals surface area contributed by atoms with E-state index in [1.807, 2.05) is 0 Å². The van der Waals surface area contributed by atoms with Gasteiger partial charge in [0.2, 0.25) is 0 Å². The zero-order valence-corrected chi connectivity index (χ0v) is 23.6. The van der Waals surface area contributed by atoms with E-state index in [4.69, 9.17) is 0 Å². The summed E-state index contributed by atoms with van der Waals surface area (Å²) in [6.45, 7) is 18.8. The van der Waals surface area contributed by atoms with Gasteiger partial charge in [-0.1, -0.05) is 142 Å². The van der Waals surface area contributed by atoms with Gasteiger partial charge in [-0.05, 0) is 79.7 Å². The minimum atomic E-state index is 0. The van der Waals surface area contributed by atoms with Crippen LogP contribution in [0.1, 0.15) is 133 Å². The van der Waals surface area contributed by atoms with Gasteiger partial charge < -0.3 is 0 Å². The molecular formula is C36H64. The Morgan fingerprint density at radius 3 is 1.08 bits per heavy atom. The molecule has 0 N–H and O–H groups in total. The Morgan fingerprint density at radius 1 is 0.528 bits per heavy atom. The molecule has 2 saturated carbocycles. The monoisotopic (exact) mass is 497 g/mol. The van der Waals surface area contributed by atoms with E-state index in [2.05, 4.69) is 104 Å². The molecular weight excluding hydrogens is 432 g/mol. The van der Waals surface area contributed by atoms with Crippen LogP contribution >= 0.6 is 0 Å². The molecule has 2 fully saturated rings. The van der Waals surface area contributed by atoms with E-state index in [0.717, 1.165) is 23.7 Å². The standard InChI is InChI=1S/C17H32.C17H20.2CH4.2H2/c2*1-13-5-9-15(10-6-13)17(3,4)16-11-7-14(2)8-12-16;;;;/h13-16H,5-12H2,1-4H3;5-12H,1-4H3;2*1H4;2*1H. The van der Waals surface area contributed by atoms with Crippen LogP contribution in [0.25, 0.3) is 0 Å². The van der Waals surface area contributed by atoms with Crippen molar-refractivity contribution in [2.45, 2.75) is 127 Å². The molecule has 0 amide bonds. The minimum Gasteiger partial charge on any atom is -0.0776 e. The topological polar surface area (TPSA) is 0 Å². The fourth-order valence-electron chi connectivity index (χ4n) is 6.45. The number of rotatable bonds is 4. The molecule has 0 saturated heterocycles. The van der Waals surface area contributed by atoms with Gasteiger partial charge in [0.05, 0.1) is 0 Å². The highest BCUT2D eigenvalue weighted by molar-refractivity contribution is 5.39. The highest BCUT2D eigenvalue weighted by Gasteiger charge is 2.39. The van der Waals surface area contributed by atoms with Crippen LogP contribution in [0.3, 0.4) is 0 Å². The Bertz CT molecular complexity index is 791. The molecule has 4 rings (SSSR count). The second-order valence-electron chi connectivity index (χ2n) is 13.1. The van der Waals surface area contributed by atoms with Crippen LogP contribution in [0, 0.1) is 42.9 Å². The number of aryl methyl sites for hydroxylation is 2. The first-order valence-electron chi connectivity index (χ1n) is 14.1. The molecule has 0 aliphatic heterocycles. The van der Waals surface area contributed by atoms with Gasteiger partial charge in [0, 0.05) is 8.27 Å². The summed E-state index contributed by atoms with van der Waals surface area (Å²) in [4.78, 5) is 0. The maximum absolute atomic E-state index is 2.58. The molecule has 2 aromatic rings. The van der Waals surface area contributed by atoms with Crippen molar-refractivity contribution in [3.05, 3.63) is 70.8 Å². The quantitative estimate of drug-likeness (QED) is 0.395. The summed E-state index contributed by atoms with van der Waals surface area (Å²) in [7, 11) is 0. The van der Waals surface area contributed by atoms with Crippen molar-refractivity contribution < 1.29 is 2.85 Å². The maximum atomic E-state index is 2.58. The van der Waals surface area contributed by atoms with Crippen molar-refractivity contribution in [3.8, 4) is 0 Å². The van der Waals surface area contributed by atoms with Crippen LogP contribution in [-0.4, -0.2) is 0 Å². The zero-order valence-electron chi connectivity index (χ0n) is 23.6. The number of benzene rings is 2. The molecule has 0 nitrogen and oxygen atoms in total. The lowest BCUT2D eigenvalue weighted by atomic mass is 9.59. The van der Waals surface area contributed by atoms with Crippen molar-refractivity contribution in [1.29, 1.82) is 0 Å². The molecule has 208 valence electrons. The molecule has 0 spiro atoms. The van der Waals surface area contributed by atoms with Crippen molar-refractivity contribution >= 4 is 0 Å². The largest absolute Gasteiger partial charge is 0.0776 e. The highest BCUT2D eigenvalue weighted by atomic mass is 14.4. The lowest BCUT2D eigenvalue weighted by Crippen LogP contribution is -2.36. The van der Waals surface area contributed by atoms with Crippen LogP contribution in [0.5, 0.6) is 0 Å². The van der Waals surface area contributed by atoms with Gasteiger partial charge in [0.25, 0.3) is 0 Å². The SMILES string of the molecule is C.C.CC1CCC(C(C)(C)C2CCC(C)CC2)CC1.Cc1ccc(C(C)(C)c2ccc(C)cc2)cc1.[HH].[HH]. The Kier molecular flexibility index (Phi) is 12.5. The predicted octanol–water partition coefficient (Wildman–Crippen LogP) is 12.1. The van der Waals surface area contributed by atoms with E-state index in [0.29, 0.717) is 5.41 Å². The summed E-state index contributed by atoms with van der Waals surface area (Å²) in [6.07, 6.45) is 11.9. The van der Waals surface area contributed by atoms with Crippen molar-refractivity contribution in [2.75, 3.05) is 0 Å². The van der Waals surface area contributed by atoms with Gasteiger partial charge >= 0.3 is 0 Å². The van der Waals surface area contributed by atoms with E-state index >= 15 is 0 Å². The fraction of sp³-hybridized carbons (Fsp3) is 0.667. The molecule has 0 atom stereocenters. The molecule has 0 radical (unpaired) electrons. The van der Waals surface area contributed by atoms with E-state index in [9.17, 15) is 0 Å².